The van der Waals surface area contributed by atoms with Crippen LogP contribution in [0, 0.1) is 0 Å². The maximum absolute atomic E-state index is 11.9. The molecule has 0 bridgehead atoms. The molecule has 0 heterocycles. The molecule has 0 saturated carbocycles. The molecule has 1 aromatic carbocycles. The Hall–Kier alpha value is -0.520. The van der Waals surface area contributed by atoms with Crippen LogP contribution >= 0.6 is 15.9 Å². The highest BCUT2D eigenvalue weighted by molar-refractivity contribution is 9.10. The van der Waals surface area contributed by atoms with E-state index in [0.29, 0.717) is 24.3 Å². The first-order valence-electron chi connectivity index (χ1n) is 5.26. The third kappa shape index (κ3) is 5.10. The van der Waals surface area contributed by atoms with Gasteiger partial charge in [-0.3, -0.25) is 9.00 Å². The van der Waals surface area contributed by atoms with Crippen LogP contribution in [0.25, 0.3) is 0 Å². The molecule has 1 atom stereocenters. The molecule has 0 aliphatic heterocycles. The van der Waals surface area contributed by atoms with Crippen LogP contribution in [0.5, 0.6) is 0 Å². The van der Waals surface area contributed by atoms with Crippen molar-refractivity contribution in [1.82, 2.24) is 0 Å². The Kier molecular flexibility index (Phi) is 6.62. The summed E-state index contributed by atoms with van der Waals surface area (Å²) in [6.07, 6.45) is 0.715. The average molecular weight is 319 g/mol. The molecule has 0 amide bonds. The molecule has 17 heavy (non-hydrogen) atoms. The quantitative estimate of drug-likeness (QED) is 0.573. The Bertz CT molecular complexity index is 406. The molecule has 0 aliphatic carbocycles. The van der Waals surface area contributed by atoms with Gasteiger partial charge in [0.05, 0.1) is 5.75 Å². The molecule has 5 heteroatoms. The summed E-state index contributed by atoms with van der Waals surface area (Å²) in [7, 11) is 0.496. The summed E-state index contributed by atoms with van der Waals surface area (Å²) in [5, 5.41) is 0. The third-order valence-corrected chi connectivity index (χ3v) is 4.21. The van der Waals surface area contributed by atoms with Crippen LogP contribution in [0.4, 0.5) is 0 Å². The van der Waals surface area contributed by atoms with Crippen LogP contribution in [0.15, 0.2) is 28.7 Å². The van der Waals surface area contributed by atoms with Gasteiger partial charge in [0.15, 0.2) is 5.78 Å². The predicted molar refractivity (Wildman–Crippen MR) is 72.8 cm³/mol. The SMILES string of the molecule is COCCCS(=O)CC(=O)c1ccccc1Br. The fraction of sp³-hybridized carbons (Fsp3) is 0.417. The molecular formula is C12H15BrO3S. The van der Waals surface area contributed by atoms with Gasteiger partial charge < -0.3 is 4.74 Å². The summed E-state index contributed by atoms with van der Waals surface area (Å²) in [6, 6.07) is 7.18. The van der Waals surface area contributed by atoms with E-state index in [4.69, 9.17) is 4.74 Å². The van der Waals surface area contributed by atoms with E-state index in [9.17, 15) is 9.00 Å². The van der Waals surface area contributed by atoms with E-state index in [1.807, 2.05) is 6.07 Å². The number of methoxy groups -OCH3 is 1. The van der Waals surface area contributed by atoms with E-state index < -0.39 is 10.8 Å². The fourth-order valence-corrected chi connectivity index (χ4v) is 2.89. The Morgan fingerprint density at radius 1 is 1.41 bits per heavy atom. The number of carbonyl (C=O) groups excluding carboxylic acids is 1. The maximum Gasteiger partial charge on any atom is 0.176 e. The molecule has 3 nitrogen and oxygen atoms in total. The Labute approximate surface area is 112 Å². The summed E-state index contributed by atoms with van der Waals surface area (Å²) in [4.78, 5) is 11.9. The van der Waals surface area contributed by atoms with Crippen LogP contribution in [0.1, 0.15) is 16.8 Å². The first-order valence-corrected chi connectivity index (χ1v) is 7.55. The molecule has 94 valence electrons. The fourth-order valence-electron chi connectivity index (χ4n) is 1.35. The summed E-state index contributed by atoms with van der Waals surface area (Å²) >= 11 is 3.31. The zero-order valence-electron chi connectivity index (χ0n) is 9.65. The number of hydrogen-bond donors (Lipinski definition) is 0. The smallest absolute Gasteiger partial charge is 0.176 e. The van der Waals surface area contributed by atoms with Crippen molar-refractivity contribution in [3.8, 4) is 0 Å². The van der Waals surface area contributed by atoms with Gasteiger partial charge in [0.2, 0.25) is 0 Å². The second-order valence-electron chi connectivity index (χ2n) is 3.54. The van der Waals surface area contributed by atoms with Crippen LogP contribution in [-0.2, 0) is 15.5 Å². The highest BCUT2D eigenvalue weighted by atomic mass is 79.9. The highest BCUT2D eigenvalue weighted by Gasteiger charge is 2.12. The number of ether oxygens (including phenoxy) is 1. The molecule has 0 spiro atoms. The summed E-state index contributed by atoms with van der Waals surface area (Å²) < 4.78 is 17.3. The van der Waals surface area contributed by atoms with Crippen molar-refractivity contribution in [3.05, 3.63) is 34.3 Å². The monoisotopic (exact) mass is 318 g/mol. The van der Waals surface area contributed by atoms with E-state index >= 15 is 0 Å². The minimum atomic E-state index is -1.11. The molecule has 0 aromatic heterocycles. The van der Waals surface area contributed by atoms with Crippen molar-refractivity contribution in [2.24, 2.45) is 0 Å². The topological polar surface area (TPSA) is 43.4 Å². The lowest BCUT2D eigenvalue weighted by molar-refractivity contribution is 0.102. The minimum Gasteiger partial charge on any atom is -0.385 e. The van der Waals surface area contributed by atoms with Gasteiger partial charge in [-0.2, -0.15) is 0 Å². The van der Waals surface area contributed by atoms with Gasteiger partial charge in [-0.25, -0.2) is 0 Å². The van der Waals surface area contributed by atoms with Crippen LogP contribution in [-0.4, -0.2) is 35.2 Å². The van der Waals surface area contributed by atoms with Gasteiger partial charge in [0, 0.05) is 40.3 Å². The lowest BCUT2D eigenvalue weighted by Crippen LogP contribution is -2.14. The molecule has 0 aliphatic rings. The maximum atomic E-state index is 11.9. The second kappa shape index (κ2) is 7.74. The third-order valence-electron chi connectivity index (χ3n) is 2.19. The van der Waals surface area contributed by atoms with Crippen molar-refractivity contribution < 1.29 is 13.7 Å². The van der Waals surface area contributed by atoms with Crippen molar-refractivity contribution in [1.29, 1.82) is 0 Å². The standard InChI is InChI=1S/C12H15BrO3S/c1-16-7-4-8-17(15)9-12(14)10-5-2-3-6-11(10)13/h2-3,5-6H,4,7-9H2,1H3. The predicted octanol–water partition coefficient (Wildman–Crippen LogP) is 2.42. The van der Waals surface area contributed by atoms with E-state index in [1.54, 1.807) is 25.3 Å². The van der Waals surface area contributed by atoms with Crippen molar-refractivity contribution in [2.45, 2.75) is 6.42 Å². The summed E-state index contributed by atoms with van der Waals surface area (Å²) in [5.41, 5.74) is 0.590. The minimum absolute atomic E-state index is 0.0757. The Morgan fingerprint density at radius 2 is 2.12 bits per heavy atom. The number of halogens is 1. The van der Waals surface area contributed by atoms with E-state index in [0.717, 1.165) is 4.47 Å². The second-order valence-corrected chi connectivity index (χ2v) is 5.97. The van der Waals surface area contributed by atoms with E-state index in [2.05, 4.69) is 15.9 Å². The highest BCUT2D eigenvalue weighted by Crippen LogP contribution is 2.16. The van der Waals surface area contributed by atoms with Gasteiger partial charge in [-0.15, -0.1) is 0 Å². The number of Topliss-reactive ketones (excluding diaryl/α,β-unsaturated/α-hetero) is 1. The Morgan fingerprint density at radius 3 is 2.76 bits per heavy atom. The normalized spacial score (nSPS) is 12.4. The Balaban J connectivity index is 2.49. The number of rotatable bonds is 7. The first-order chi connectivity index (χ1) is 8.15. The van der Waals surface area contributed by atoms with Gasteiger partial charge in [-0.05, 0) is 12.5 Å². The van der Waals surface area contributed by atoms with Crippen LogP contribution in [0.3, 0.4) is 0 Å². The van der Waals surface area contributed by atoms with Crippen LogP contribution < -0.4 is 0 Å². The molecular weight excluding hydrogens is 304 g/mol. The van der Waals surface area contributed by atoms with E-state index in [-0.39, 0.29) is 11.5 Å². The molecule has 0 N–H and O–H groups in total. The van der Waals surface area contributed by atoms with Crippen molar-refractivity contribution in [3.63, 3.8) is 0 Å². The van der Waals surface area contributed by atoms with Crippen LogP contribution in [0.2, 0.25) is 0 Å². The number of ketones is 1. The van der Waals surface area contributed by atoms with Crippen molar-refractivity contribution >= 4 is 32.5 Å². The van der Waals surface area contributed by atoms with E-state index in [1.165, 1.54) is 0 Å². The van der Waals surface area contributed by atoms with Crippen molar-refractivity contribution in [2.75, 3.05) is 25.2 Å². The van der Waals surface area contributed by atoms with Gasteiger partial charge in [-0.1, -0.05) is 34.1 Å². The lowest BCUT2D eigenvalue weighted by Gasteiger charge is -2.04. The molecule has 0 fully saturated rings. The van der Waals surface area contributed by atoms with Gasteiger partial charge in [0.25, 0.3) is 0 Å². The zero-order chi connectivity index (χ0) is 12.7. The molecule has 1 aromatic rings. The number of benzene rings is 1. The molecule has 1 rings (SSSR count). The first kappa shape index (κ1) is 14.5. The largest absolute Gasteiger partial charge is 0.385 e. The average Bonchev–Trinajstić information content (AvgIpc) is 2.29. The summed E-state index contributed by atoms with van der Waals surface area (Å²) in [6.45, 7) is 0.578. The number of hydrogen-bond acceptors (Lipinski definition) is 3. The van der Waals surface area contributed by atoms with Gasteiger partial charge in [0.1, 0.15) is 0 Å². The lowest BCUT2D eigenvalue weighted by atomic mass is 10.1. The molecule has 0 radical (unpaired) electrons. The zero-order valence-corrected chi connectivity index (χ0v) is 12.1. The summed E-state index contributed by atoms with van der Waals surface area (Å²) in [5.74, 6) is 0.490. The molecule has 1 unspecified atom stereocenters. The molecule has 0 saturated heterocycles. The number of carbonyl (C=O) groups is 1. The van der Waals surface area contributed by atoms with Gasteiger partial charge >= 0.3 is 0 Å².